The average Bonchev–Trinajstić information content (AvgIpc) is 3.27. The minimum atomic E-state index is -0.867. The van der Waals surface area contributed by atoms with Gasteiger partial charge in [-0.1, -0.05) is 35.5 Å². The zero-order valence-electron chi connectivity index (χ0n) is 22.2. The number of hydrogen-bond donors (Lipinski definition) is 3. The van der Waals surface area contributed by atoms with Gasteiger partial charge in [-0.25, -0.2) is 4.79 Å². The molecule has 4 rings (SSSR count). The van der Waals surface area contributed by atoms with E-state index in [0.29, 0.717) is 25.7 Å². The number of carbonyl (C=O) groups excluding carboxylic acids is 2. The predicted molar refractivity (Wildman–Crippen MR) is 139 cm³/mol. The van der Waals surface area contributed by atoms with Crippen LogP contribution in [0.5, 0.6) is 0 Å². The summed E-state index contributed by atoms with van der Waals surface area (Å²) in [5.74, 6) is -2.42. The number of aliphatic hydroxyl groups excluding tert-OH is 3. The molecule has 2 saturated heterocycles. The first kappa shape index (κ1) is 27.6. The van der Waals surface area contributed by atoms with Gasteiger partial charge in [-0.2, -0.15) is 0 Å². The number of carbonyl (C=O) groups is 2. The third-order valence-corrected chi connectivity index (χ3v) is 8.60. The lowest BCUT2D eigenvalue weighted by molar-refractivity contribution is -0.143. The molecular weight excluding hydrogens is 472 g/mol. The third-order valence-electron chi connectivity index (χ3n) is 8.60. The molecule has 0 radical (unpaired) electrons. The minimum Gasteiger partial charge on any atom is -0.457 e. The largest absolute Gasteiger partial charge is 0.457 e. The van der Waals surface area contributed by atoms with Crippen molar-refractivity contribution in [1.82, 2.24) is 0 Å². The summed E-state index contributed by atoms with van der Waals surface area (Å²) in [7, 11) is 0. The van der Waals surface area contributed by atoms with Crippen LogP contribution in [0, 0.1) is 23.7 Å². The second kappa shape index (κ2) is 11.1. The molecule has 0 bridgehead atoms. The van der Waals surface area contributed by atoms with Crippen LogP contribution in [0.4, 0.5) is 0 Å². The molecule has 37 heavy (non-hydrogen) atoms. The highest BCUT2D eigenvalue weighted by atomic mass is 16.6. The third kappa shape index (κ3) is 5.84. The minimum absolute atomic E-state index is 0.0218. The van der Waals surface area contributed by atoms with Crippen LogP contribution in [0.3, 0.4) is 0 Å². The van der Waals surface area contributed by atoms with Crippen molar-refractivity contribution >= 4 is 11.9 Å². The monoisotopic (exact) mass is 512 g/mol. The molecule has 9 unspecified atom stereocenters. The Balaban J connectivity index is 1.66. The van der Waals surface area contributed by atoms with Gasteiger partial charge in [-0.15, -0.1) is 0 Å². The van der Waals surface area contributed by atoms with Gasteiger partial charge in [0.25, 0.3) is 0 Å². The summed E-state index contributed by atoms with van der Waals surface area (Å²) in [5.41, 5.74) is 3.95. The van der Waals surface area contributed by atoms with E-state index in [1.807, 2.05) is 33.8 Å². The van der Waals surface area contributed by atoms with Crippen LogP contribution >= 0.6 is 0 Å². The first-order chi connectivity index (χ1) is 17.5. The van der Waals surface area contributed by atoms with E-state index in [2.05, 4.69) is 6.58 Å². The number of fused-ring (bicyclic) bond motifs is 2. The Morgan fingerprint density at radius 2 is 1.46 bits per heavy atom. The summed E-state index contributed by atoms with van der Waals surface area (Å²) < 4.78 is 11.3. The molecule has 4 aliphatic rings. The standard InChI is InChI=1S/C30H40O7/c1-15-6-8-20(17(3)12-25-27(23(32)10-15)19(5)29(34)36-25)14-21-28-24(33)11-16(2)7-9-22(31)18(4)13-26(28)37-30(21)35/h10-13,20-28,31-33H,5-9,14H2,1-4H3. The van der Waals surface area contributed by atoms with E-state index in [9.17, 15) is 24.9 Å². The van der Waals surface area contributed by atoms with E-state index in [0.717, 1.165) is 28.7 Å². The van der Waals surface area contributed by atoms with Crippen molar-refractivity contribution in [3.8, 4) is 0 Å². The maximum Gasteiger partial charge on any atom is 0.334 e. The fourth-order valence-electron chi connectivity index (χ4n) is 6.22. The quantitative estimate of drug-likeness (QED) is 0.294. The van der Waals surface area contributed by atoms with Gasteiger partial charge >= 0.3 is 11.9 Å². The van der Waals surface area contributed by atoms with Crippen LogP contribution in [-0.4, -0.2) is 57.8 Å². The molecule has 0 amide bonds. The van der Waals surface area contributed by atoms with Crippen molar-refractivity contribution in [2.75, 3.05) is 0 Å². The molecule has 2 fully saturated rings. The molecule has 0 saturated carbocycles. The molecule has 2 aliphatic carbocycles. The molecule has 7 heteroatoms. The van der Waals surface area contributed by atoms with Crippen molar-refractivity contribution in [3.05, 3.63) is 58.7 Å². The predicted octanol–water partition coefficient (Wildman–Crippen LogP) is 3.70. The van der Waals surface area contributed by atoms with Crippen LogP contribution in [0.15, 0.2) is 58.7 Å². The number of aliphatic hydroxyl groups is 3. The Morgan fingerprint density at radius 3 is 2.16 bits per heavy atom. The molecule has 0 aromatic rings. The second-order valence-corrected chi connectivity index (χ2v) is 11.4. The van der Waals surface area contributed by atoms with Crippen LogP contribution in [0.1, 0.15) is 59.8 Å². The first-order valence-corrected chi connectivity index (χ1v) is 13.3. The molecule has 0 aromatic carbocycles. The maximum atomic E-state index is 13.2. The molecule has 0 aromatic heterocycles. The summed E-state index contributed by atoms with van der Waals surface area (Å²) in [6, 6.07) is 0. The summed E-state index contributed by atoms with van der Waals surface area (Å²) in [6.07, 6.45) is 6.81. The van der Waals surface area contributed by atoms with Gasteiger partial charge in [-0.05, 0) is 83.4 Å². The van der Waals surface area contributed by atoms with Crippen molar-refractivity contribution < 1.29 is 34.4 Å². The van der Waals surface area contributed by atoms with E-state index >= 15 is 0 Å². The smallest absolute Gasteiger partial charge is 0.334 e. The van der Waals surface area contributed by atoms with Gasteiger partial charge in [0.2, 0.25) is 0 Å². The van der Waals surface area contributed by atoms with Gasteiger partial charge in [0.05, 0.1) is 30.1 Å². The average molecular weight is 513 g/mol. The first-order valence-electron chi connectivity index (χ1n) is 13.3. The number of rotatable bonds is 2. The van der Waals surface area contributed by atoms with E-state index in [1.165, 1.54) is 0 Å². The van der Waals surface area contributed by atoms with E-state index < -0.39 is 54.2 Å². The lowest BCUT2D eigenvalue weighted by Crippen LogP contribution is -2.33. The van der Waals surface area contributed by atoms with Crippen molar-refractivity contribution in [2.45, 2.75) is 90.3 Å². The topological polar surface area (TPSA) is 113 Å². The van der Waals surface area contributed by atoms with Crippen molar-refractivity contribution in [3.63, 3.8) is 0 Å². The Kier molecular flexibility index (Phi) is 8.26. The van der Waals surface area contributed by atoms with Crippen molar-refractivity contribution in [1.29, 1.82) is 0 Å². The van der Waals surface area contributed by atoms with Crippen molar-refractivity contribution in [2.24, 2.45) is 23.7 Å². The van der Waals surface area contributed by atoms with Crippen LogP contribution < -0.4 is 0 Å². The lowest BCUT2D eigenvalue weighted by Gasteiger charge is -2.29. The molecular formula is C30H40O7. The van der Waals surface area contributed by atoms with E-state index in [4.69, 9.17) is 9.47 Å². The van der Waals surface area contributed by atoms with Gasteiger partial charge in [0.1, 0.15) is 12.2 Å². The van der Waals surface area contributed by atoms with Crippen LogP contribution in [0.25, 0.3) is 0 Å². The molecule has 2 aliphatic heterocycles. The summed E-state index contributed by atoms with van der Waals surface area (Å²) in [6.45, 7) is 11.5. The van der Waals surface area contributed by atoms with E-state index in [1.54, 1.807) is 18.2 Å². The normalized spacial score (nSPS) is 39.3. The Morgan fingerprint density at radius 1 is 0.838 bits per heavy atom. The summed E-state index contributed by atoms with van der Waals surface area (Å²) in [5, 5.41) is 32.5. The van der Waals surface area contributed by atoms with Crippen LogP contribution in [0.2, 0.25) is 0 Å². The molecule has 7 nitrogen and oxygen atoms in total. The highest BCUT2D eigenvalue weighted by Crippen LogP contribution is 2.42. The lowest BCUT2D eigenvalue weighted by atomic mass is 9.75. The zero-order valence-corrected chi connectivity index (χ0v) is 22.2. The number of esters is 2. The Bertz CT molecular complexity index is 1060. The van der Waals surface area contributed by atoms with Gasteiger partial charge < -0.3 is 24.8 Å². The van der Waals surface area contributed by atoms with Gasteiger partial charge in [0, 0.05) is 11.5 Å². The highest BCUT2D eigenvalue weighted by Gasteiger charge is 2.48. The Labute approximate surface area is 219 Å². The number of hydrogen-bond acceptors (Lipinski definition) is 7. The molecule has 2 heterocycles. The summed E-state index contributed by atoms with van der Waals surface area (Å²) in [4.78, 5) is 25.5. The highest BCUT2D eigenvalue weighted by molar-refractivity contribution is 5.91. The fourth-order valence-corrected chi connectivity index (χ4v) is 6.22. The molecule has 0 spiro atoms. The summed E-state index contributed by atoms with van der Waals surface area (Å²) >= 11 is 0. The van der Waals surface area contributed by atoms with E-state index in [-0.39, 0.29) is 17.5 Å². The Hall–Kier alpha value is -2.48. The molecule has 9 atom stereocenters. The zero-order chi connectivity index (χ0) is 27.0. The number of ether oxygens (including phenoxy) is 2. The molecule has 202 valence electrons. The molecule has 3 N–H and O–H groups in total. The SMILES string of the molecule is C=C1C(=O)OC2C=C(C)C(CC3C(=O)OC4C=C(C)C(O)CCC(C)=CC(O)C43)CCC(C)=CC(O)C12. The maximum absolute atomic E-state index is 13.2. The van der Waals surface area contributed by atoms with Crippen LogP contribution in [-0.2, 0) is 19.1 Å². The number of allylic oxidation sites excluding steroid dienone is 3. The van der Waals surface area contributed by atoms with Gasteiger partial charge in [-0.3, -0.25) is 4.79 Å². The second-order valence-electron chi connectivity index (χ2n) is 11.4. The van der Waals surface area contributed by atoms with Gasteiger partial charge in [0.15, 0.2) is 0 Å². The fraction of sp³-hybridized carbons (Fsp3) is 0.600.